The predicted molar refractivity (Wildman–Crippen MR) is 74.3 cm³/mol. The highest BCUT2D eigenvalue weighted by Gasteiger charge is 2.37. The Balaban J connectivity index is 1.90. The van der Waals surface area contributed by atoms with E-state index >= 15 is 0 Å². The van der Waals surface area contributed by atoms with Crippen LogP contribution in [-0.2, 0) is 4.79 Å². The maximum absolute atomic E-state index is 12.4. The fourth-order valence-corrected chi connectivity index (χ4v) is 2.51. The monoisotopic (exact) mass is 252 g/mol. The molecule has 19 heavy (non-hydrogen) atoms. The summed E-state index contributed by atoms with van der Waals surface area (Å²) < 4.78 is 0. The largest absolute Gasteiger partial charge is 0.324 e. The molecule has 1 fully saturated rings. The molecule has 0 spiro atoms. The molecule has 0 radical (unpaired) electrons. The molecule has 0 saturated carbocycles. The van der Waals surface area contributed by atoms with Gasteiger partial charge < -0.3 is 4.90 Å². The van der Waals surface area contributed by atoms with Crippen LogP contribution in [-0.4, -0.2) is 17.9 Å². The number of carbonyl (C=O) groups excluding carboxylic acids is 1. The summed E-state index contributed by atoms with van der Waals surface area (Å²) in [6.07, 6.45) is -0.0566. The summed E-state index contributed by atoms with van der Waals surface area (Å²) in [5.74, 6) is 0.111. The van der Waals surface area contributed by atoms with E-state index in [1.807, 2.05) is 67.7 Å². The smallest absolute Gasteiger partial charge is 0.245 e. The first-order valence-corrected chi connectivity index (χ1v) is 6.40. The van der Waals surface area contributed by atoms with Crippen molar-refractivity contribution in [3.8, 4) is 0 Å². The fourth-order valence-electron chi connectivity index (χ4n) is 2.51. The highest BCUT2D eigenvalue weighted by Crippen LogP contribution is 2.30. The summed E-state index contributed by atoms with van der Waals surface area (Å²) in [5, 5.41) is 3.40. The molecule has 3 rings (SSSR count). The first-order valence-electron chi connectivity index (χ1n) is 6.40. The number of amides is 1. The summed E-state index contributed by atoms with van der Waals surface area (Å²) >= 11 is 0. The van der Waals surface area contributed by atoms with Crippen LogP contribution in [0.5, 0.6) is 0 Å². The zero-order valence-electron chi connectivity index (χ0n) is 10.8. The van der Waals surface area contributed by atoms with Crippen LogP contribution in [0.25, 0.3) is 0 Å². The molecule has 1 amide bonds. The van der Waals surface area contributed by atoms with Crippen molar-refractivity contribution in [3.05, 3.63) is 71.8 Å². The molecular formula is C16H16N2O. The van der Waals surface area contributed by atoms with Gasteiger partial charge in [0, 0.05) is 7.05 Å². The van der Waals surface area contributed by atoms with Crippen molar-refractivity contribution < 1.29 is 4.79 Å². The molecule has 1 heterocycles. The van der Waals surface area contributed by atoms with Gasteiger partial charge in [-0.1, -0.05) is 60.7 Å². The molecule has 3 nitrogen and oxygen atoms in total. The highest BCUT2D eigenvalue weighted by atomic mass is 16.2. The second-order valence-corrected chi connectivity index (χ2v) is 4.77. The van der Waals surface area contributed by atoms with E-state index in [1.165, 1.54) is 0 Å². The van der Waals surface area contributed by atoms with Gasteiger partial charge in [0.25, 0.3) is 0 Å². The predicted octanol–water partition coefficient (Wildman–Crippen LogP) is 2.49. The molecule has 2 aromatic carbocycles. The third kappa shape index (κ3) is 2.13. The first kappa shape index (κ1) is 11.9. The standard InChI is InChI=1S/C16H16N2O/c1-18-15(13-10-6-3-7-11-13)17-14(16(18)19)12-8-4-2-5-9-12/h2-11,14-15,17H,1H3/t14-,15+/m0/s1. The molecule has 3 heteroatoms. The van der Waals surface area contributed by atoms with Gasteiger partial charge in [-0.2, -0.15) is 0 Å². The minimum Gasteiger partial charge on any atom is -0.324 e. The average molecular weight is 252 g/mol. The number of carbonyl (C=O) groups is 1. The van der Waals surface area contributed by atoms with Crippen molar-refractivity contribution in [3.63, 3.8) is 0 Å². The van der Waals surface area contributed by atoms with Crippen molar-refractivity contribution in [1.29, 1.82) is 0 Å². The van der Waals surface area contributed by atoms with Crippen molar-refractivity contribution in [2.24, 2.45) is 0 Å². The number of benzene rings is 2. The summed E-state index contributed by atoms with van der Waals surface area (Å²) in [5.41, 5.74) is 2.12. The van der Waals surface area contributed by atoms with Crippen LogP contribution in [0.4, 0.5) is 0 Å². The normalized spacial score (nSPS) is 22.8. The van der Waals surface area contributed by atoms with Crippen molar-refractivity contribution in [1.82, 2.24) is 10.2 Å². The lowest BCUT2D eigenvalue weighted by molar-refractivity contribution is -0.128. The van der Waals surface area contributed by atoms with Crippen LogP contribution in [0.15, 0.2) is 60.7 Å². The molecular weight excluding hydrogens is 236 g/mol. The van der Waals surface area contributed by atoms with E-state index in [-0.39, 0.29) is 18.1 Å². The summed E-state index contributed by atoms with van der Waals surface area (Å²) in [6.45, 7) is 0. The van der Waals surface area contributed by atoms with Gasteiger partial charge in [-0.3, -0.25) is 10.1 Å². The van der Waals surface area contributed by atoms with Crippen LogP contribution >= 0.6 is 0 Å². The lowest BCUT2D eigenvalue weighted by atomic mass is 10.1. The maximum Gasteiger partial charge on any atom is 0.245 e. The van der Waals surface area contributed by atoms with Gasteiger partial charge in [-0.25, -0.2) is 0 Å². The number of likely N-dealkylation sites (N-methyl/N-ethyl adjacent to an activating group) is 1. The summed E-state index contributed by atoms with van der Waals surface area (Å²) in [4.78, 5) is 14.1. The van der Waals surface area contributed by atoms with E-state index in [1.54, 1.807) is 4.90 Å². The molecule has 1 aliphatic rings. The number of hydrogen-bond acceptors (Lipinski definition) is 2. The van der Waals surface area contributed by atoms with Gasteiger partial charge >= 0.3 is 0 Å². The van der Waals surface area contributed by atoms with Crippen LogP contribution in [0.3, 0.4) is 0 Å². The Hall–Kier alpha value is -2.13. The summed E-state index contributed by atoms with van der Waals surface area (Å²) in [7, 11) is 1.84. The van der Waals surface area contributed by atoms with E-state index in [4.69, 9.17) is 0 Å². The van der Waals surface area contributed by atoms with E-state index in [9.17, 15) is 4.79 Å². The van der Waals surface area contributed by atoms with Crippen LogP contribution in [0.2, 0.25) is 0 Å². The Morgan fingerprint density at radius 1 is 0.895 bits per heavy atom. The van der Waals surface area contributed by atoms with Gasteiger partial charge in [0.15, 0.2) is 0 Å². The number of hydrogen-bond donors (Lipinski definition) is 1. The molecule has 0 unspecified atom stereocenters. The van der Waals surface area contributed by atoms with Crippen LogP contribution in [0.1, 0.15) is 23.3 Å². The maximum atomic E-state index is 12.4. The van der Waals surface area contributed by atoms with Crippen LogP contribution < -0.4 is 5.32 Å². The molecule has 96 valence electrons. The van der Waals surface area contributed by atoms with Gasteiger partial charge in [0.2, 0.25) is 5.91 Å². The first-order chi connectivity index (χ1) is 9.27. The van der Waals surface area contributed by atoms with Crippen molar-refractivity contribution in [2.45, 2.75) is 12.2 Å². The molecule has 0 bridgehead atoms. The second kappa shape index (κ2) is 4.86. The van der Waals surface area contributed by atoms with Gasteiger partial charge in [0.05, 0.1) is 0 Å². The molecule has 0 aromatic heterocycles. The highest BCUT2D eigenvalue weighted by molar-refractivity contribution is 5.85. The second-order valence-electron chi connectivity index (χ2n) is 4.77. The number of rotatable bonds is 2. The molecule has 1 N–H and O–H groups in total. The number of nitrogens with one attached hydrogen (secondary N) is 1. The SMILES string of the molecule is CN1C(=O)[C@H](c2ccccc2)N[C@H]1c1ccccc1. The molecule has 1 saturated heterocycles. The molecule has 0 aliphatic carbocycles. The summed E-state index contributed by atoms with van der Waals surface area (Å²) in [6, 6.07) is 19.6. The minimum absolute atomic E-state index is 0.0566. The molecule has 2 atom stereocenters. The van der Waals surface area contributed by atoms with Crippen molar-refractivity contribution >= 4 is 5.91 Å². The quantitative estimate of drug-likeness (QED) is 0.890. The van der Waals surface area contributed by atoms with E-state index in [2.05, 4.69) is 5.32 Å². The zero-order valence-corrected chi connectivity index (χ0v) is 10.8. The Kier molecular flexibility index (Phi) is 3.05. The Morgan fingerprint density at radius 2 is 1.42 bits per heavy atom. The molecule has 1 aliphatic heterocycles. The Bertz CT molecular complexity index is 568. The number of nitrogens with zero attached hydrogens (tertiary/aromatic N) is 1. The fraction of sp³-hybridized carbons (Fsp3) is 0.188. The zero-order chi connectivity index (χ0) is 13.2. The van der Waals surface area contributed by atoms with Gasteiger partial charge in [-0.15, -0.1) is 0 Å². The van der Waals surface area contributed by atoms with Gasteiger partial charge in [-0.05, 0) is 11.1 Å². The lowest BCUT2D eigenvalue weighted by Crippen LogP contribution is -2.25. The minimum atomic E-state index is -0.253. The third-order valence-electron chi connectivity index (χ3n) is 3.55. The van der Waals surface area contributed by atoms with Crippen molar-refractivity contribution in [2.75, 3.05) is 7.05 Å². The Labute approximate surface area is 112 Å². The van der Waals surface area contributed by atoms with Crippen LogP contribution in [0, 0.1) is 0 Å². The molecule has 2 aromatic rings. The average Bonchev–Trinajstić information content (AvgIpc) is 2.77. The van der Waals surface area contributed by atoms with E-state index < -0.39 is 0 Å². The van der Waals surface area contributed by atoms with E-state index in [0.29, 0.717) is 0 Å². The lowest BCUT2D eigenvalue weighted by Gasteiger charge is -2.19. The van der Waals surface area contributed by atoms with E-state index in [0.717, 1.165) is 11.1 Å². The van der Waals surface area contributed by atoms with Gasteiger partial charge in [0.1, 0.15) is 12.2 Å². The topological polar surface area (TPSA) is 32.3 Å². The Morgan fingerprint density at radius 3 is 2.00 bits per heavy atom. The third-order valence-corrected chi connectivity index (χ3v) is 3.55.